The molecule has 0 fully saturated rings. The molecule has 0 saturated heterocycles. The highest BCUT2D eigenvalue weighted by Gasteiger charge is 2.26. The number of fused-ring (bicyclic) bond motifs is 1. The van der Waals surface area contributed by atoms with E-state index < -0.39 is 0 Å². The van der Waals surface area contributed by atoms with Gasteiger partial charge in [-0.05, 0) is 67.3 Å². The van der Waals surface area contributed by atoms with Crippen molar-refractivity contribution in [1.29, 1.82) is 0 Å². The van der Waals surface area contributed by atoms with Gasteiger partial charge in [0.25, 0.3) is 0 Å². The fraction of sp³-hybridized carbons (Fsp3) is 0.429. The molecule has 2 N–H and O–H groups in total. The number of methoxy groups -OCH3 is 1. The van der Waals surface area contributed by atoms with Crippen LogP contribution in [0, 0.1) is 0 Å². The van der Waals surface area contributed by atoms with Crippen LogP contribution in [-0.4, -0.2) is 31.1 Å². The number of allylic oxidation sites excluding steroid dienone is 2. The van der Waals surface area contributed by atoms with Gasteiger partial charge in [-0.1, -0.05) is 37.8 Å². The molecule has 0 spiro atoms. The number of rotatable bonds is 8. The number of hydrogen-bond acceptors (Lipinski definition) is 3. The molecule has 24 heavy (non-hydrogen) atoms. The van der Waals surface area contributed by atoms with E-state index in [2.05, 4.69) is 36.6 Å². The lowest BCUT2D eigenvalue weighted by atomic mass is 9.86. The average molecular weight is 326 g/mol. The quantitative estimate of drug-likeness (QED) is 0.738. The summed E-state index contributed by atoms with van der Waals surface area (Å²) in [5.41, 5.74) is 9.61. The number of nitrogens with zero attached hydrogens (tertiary/aromatic N) is 1. The van der Waals surface area contributed by atoms with E-state index >= 15 is 0 Å². The van der Waals surface area contributed by atoms with Crippen molar-refractivity contribution in [1.82, 2.24) is 4.90 Å². The zero-order valence-corrected chi connectivity index (χ0v) is 15.0. The predicted octanol–water partition coefficient (Wildman–Crippen LogP) is 3.85. The maximum atomic E-state index is 5.60. The van der Waals surface area contributed by atoms with Crippen LogP contribution < -0.4 is 10.5 Å². The van der Waals surface area contributed by atoms with Gasteiger partial charge in [-0.25, -0.2) is 0 Å². The first-order valence-electron chi connectivity index (χ1n) is 8.82. The number of hydrogen-bond donors (Lipinski definition) is 1. The third-order valence-corrected chi connectivity index (χ3v) is 4.69. The molecule has 3 heteroatoms. The van der Waals surface area contributed by atoms with Crippen LogP contribution in [0.3, 0.4) is 0 Å². The third kappa shape index (κ3) is 4.51. The van der Waals surface area contributed by atoms with Crippen molar-refractivity contribution in [3.8, 4) is 5.75 Å². The fourth-order valence-corrected chi connectivity index (χ4v) is 3.59. The molecule has 1 aromatic rings. The highest BCUT2D eigenvalue weighted by atomic mass is 16.5. The lowest BCUT2D eigenvalue weighted by Gasteiger charge is -2.36. The summed E-state index contributed by atoms with van der Waals surface area (Å²) in [5, 5.41) is 0. The lowest BCUT2D eigenvalue weighted by Crippen LogP contribution is -2.41. The minimum atomic E-state index is 0.535. The zero-order valence-electron chi connectivity index (χ0n) is 15.0. The lowest BCUT2D eigenvalue weighted by molar-refractivity contribution is 0.194. The van der Waals surface area contributed by atoms with E-state index in [0.717, 1.165) is 38.1 Å². The second-order valence-electron chi connectivity index (χ2n) is 6.30. The molecule has 130 valence electrons. The molecule has 3 nitrogen and oxygen atoms in total. The summed E-state index contributed by atoms with van der Waals surface area (Å²) in [6, 6.07) is 6.94. The number of benzene rings is 1. The number of ether oxygens (including phenoxy) is 1. The van der Waals surface area contributed by atoms with E-state index in [-0.39, 0.29) is 0 Å². The maximum absolute atomic E-state index is 5.60. The average Bonchev–Trinajstić information content (AvgIpc) is 2.60. The van der Waals surface area contributed by atoms with E-state index in [1.807, 2.05) is 18.2 Å². The van der Waals surface area contributed by atoms with Gasteiger partial charge >= 0.3 is 0 Å². The molecule has 2 rings (SSSR count). The van der Waals surface area contributed by atoms with Crippen molar-refractivity contribution < 1.29 is 4.74 Å². The molecular formula is C21H30N2O. The number of nitrogens with two attached hydrogens (primary N) is 1. The van der Waals surface area contributed by atoms with Crippen molar-refractivity contribution in [2.75, 3.05) is 20.2 Å². The summed E-state index contributed by atoms with van der Waals surface area (Å²) < 4.78 is 5.59. The van der Waals surface area contributed by atoms with Crippen molar-refractivity contribution in [2.24, 2.45) is 5.73 Å². The minimum absolute atomic E-state index is 0.535. The summed E-state index contributed by atoms with van der Waals surface area (Å²) in [6.07, 6.45) is 12.0. The molecule has 0 aliphatic heterocycles. The molecule has 0 aromatic heterocycles. The second-order valence-corrected chi connectivity index (χ2v) is 6.30. The van der Waals surface area contributed by atoms with Crippen LogP contribution in [0.4, 0.5) is 0 Å². The Morgan fingerprint density at radius 1 is 1.46 bits per heavy atom. The molecule has 1 unspecified atom stereocenters. The van der Waals surface area contributed by atoms with Gasteiger partial charge in [-0.2, -0.15) is 0 Å². The Labute approximate surface area is 146 Å². The Morgan fingerprint density at radius 2 is 2.29 bits per heavy atom. The van der Waals surface area contributed by atoms with Gasteiger partial charge in [0.05, 0.1) is 7.11 Å². The normalized spacial score (nSPS) is 18.0. The topological polar surface area (TPSA) is 38.5 Å². The largest absolute Gasteiger partial charge is 0.496 e. The molecule has 1 aliphatic carbocycles. The van der Waals surface area contributed by atoms with Crippen LogP contribution in [0.15, 0.2) is 54.8 Å². The summed E-state index contributed by atoms with van der Waals surface area (Å²) in [7, 11) is 1.76. The summed E-state index contributed by atoms with van der Waals surface area (Å²) in [6.45, 7) is 8.04. The van der Waals surface area contributed by atoms with Crippen LogP contribution in [0.5, 0.6) is 5.75 Å². The van der Waals surface area contributed by atoms with Gasteiger partial charge in [0.15, 0.2) is 0 Å². The molecule has 0 bridgehead atoms. The maximum Gasteiger partial charge on any atom is 0.122 e. The van der Waals surface area contributed by atoms with Crippen molar-refractivity contribution in [3.05, 3.63) is 65.9 Å². The van der Waals surface area contributed by atoms with Gasteiger partial charge in [-0.3, -0.25) is 4.90 Å². The Hall–Kier alpha value is -2.00. The standard InChI is InChI=1S/C21H30N2O/c1-4-7-17(12-13-22)16-23(14-5-2)19-11-10-18-8-6-9-21(24-3)20(18)15-19/h4,6-9,12-13,19H,1,5,10-11,14-16,22H2,2-3H3/b13-12-,17-7+. The molecule has 0 saturated carbocycles. The molecule has 0 amide bonds. The highest BCUT2D eigenvalue weighted by Crippen LogP contribution is 2.31. The van der Waals surface area contributed by atoms with Crippen molar-refractivity contribution in [3.63, 3.8) is 0 Å². The molecule has 1 aromatic carbocycles. The SMILES string of the molecule is C=C/C=C(\C=C/N)CN(CCC)C1CCc2cccc(OC)c2C1. The highest BCUT2D eigenvalue weighted by molar-refractivity contribution is 5.42. The number of aryl methyl sites for hydroxylation is 1. The summed E-state index contributed by atoms with van der Waals surface area (Å²) >= 11 is 0. The van der Waals surface area contributed by atoms with E-state index in [9.17, 15) is 0 Å². The van der Waals surface area contributed by atoms with Gasteiger partial charge in [0.1, 0.15) is 5.75 Å². The predicted molar refractivity (Wildman–Crippen MR) is 102 cm³/mol. The third-order valence-electron chi connectivity index (χ3n) is 4.69. The van der Waals surface area contributed by atoms with E-state index in [0.29, 0.717) is 6.04 Å². The minimum Gasteiger partial charge on any atom is -0.496 e. The van der Waals surface area contributed by atoms with Crippen LogP contribution in [0.1, 0.15) is 30.9 Å². The first kappa shape index (κ1) is 18.3. The Morgan fingerprint density at radius 3 is 2.96 bits per heavy atom. The van der Waals surface area contributed by atoms with Gasteiger partial charge < -0.3 is 10.5 Å². The van der Waals surface area contributed by atoms with E-state index in [1.165, 1.54) is 23.1 Å². The van der Waals surface area contributed by atoms with Gasteiger partial charge in [-0.15, -0.1) is 0 Å². The van der Waals surface area contributed by atoms with Crippen LogP contribution >= 0.6 is 0 Å². The molecular weight excluding hydrogens is 296 g/mol. The van der Waals surface area contributed by atoms with Crippen LogP contribution in [0.2, 0.25) is 0 Å². The fourth-order valence-electron chi connectivity index (χ4n) is 3.59. The van der Waals surface area contributed by atoms with Crippen molar-refractivity contribution >= 4 is 0 Å². The second kappa shape index (κ2) is 9.33. The summed E-state index contributed by atoms with van der Waals surface area (Å²) in [4.78, 5) is 2.57. The Kier molecular flexibility index (Phi) is 7.13. The van der Waals surface area contributed by atoms with Gasteiger partial charge in [0, 0.05) is 12.6 Å². The molecule has 1 atom stereocenters. The molecule has 0 radical (unpaired) electrons. The smallest absolute Gasteiger partial charge is 0.122 e. The van der Waals surface area contributed by atoms with Gasteiger partial charge in [0.2, 0.25) is 0 Å². The van der Waals surface area contributed by atoms with Crippen LogP contribution in [-0.2, 0) is 12.8 Å². The molecule has 0 heterocycles. The van der Waals surface area contributed by atoms with E-state index in [1.54, 1.807) is 13.3 Å². The Balaban J connectivity index is 2.19. The van der Waals surface area contributed by atoms with Crippen molar-refractivity contribution in [2.45, 2.75) is 38.6 Å². The monoisotopic (exact) mass is 326 g/mol. The first-order chi connectivity index (χ1) is 11.7. The zero-order chi connectivity index (χ0) is 17.4. The molecule has 1 aliphatic rings. The first-order valence-corrected chi connectivity index (χ1v) is 8.82. The van der Waals surface area contributed by atoms with Crippen LogP contribution in [0.25, 0.3) is 0 Å². The van der Waals surface area contributed by atoms with E-state index in [4.69, 9.17) is 10.5 Å². The Bertz CT molecular complexity index is 590. The summed E-state index contributed by atoms with van der Waals surface area (Å²) in [5.74, 6) is 1.03.